The molecule has 126 valence electrons. The van der Waals surface area contributed by atoms with Gasteiger partial charge in [0, 0.05) is 20.2 Å². The Morgan fingerprint density at radius 1 is 1.21 bits per heavy atom. The fourth-order valence-corrected chi connectivity index (χ4v) is 3.50. The van der Waals surface area contributed by atoms with E-state index in [1.807, 2.05) is 24.3 Å². The molecular formula is C16H14Br3N3O2. The monoisotopic (exact) mass is 517 g/mol. The highest BCUT2D eigenvalue weighted by Crippen LogP contribution is 2.30. The van der Waals surface area contributed by atoms with Crippen molar-refractivity contribution >= 4 is 65.6 Å². The first-order valence-corrected chi connectivity index (χ1v) is 9.27. The maximum absolute atomic E-state index is 12.1. The molecular weight excluding hydrogens is 506 g/mol. The van der Waals surface area contributed by atoms with Gasteiger partial charge in [0.1, 0.15) is 11.8 Å². The Morgan fingerprint density at radius 3 is 2.67 bits per heavy atom. The number of hydrazone groups is 1. The van der Waals surface area contributed by atoms with E-state index in [1.165, 1.54) is 6.21 Å². The lowest BCUT2D eigenvalue weighted by molar-refractivity contribution is -0.121. The maximum Gasteiger partial charge on any atom is 0.262 e. The molecule has 0 aliphatic heterocycles. The van der Waals surface area contributed by atoms with Gasteiger partial charge < -0.3 is 10.4 Å². The molecule has 0 radical (unpaired) electrons. The summed E-state index contributed by atoms with van der Waals surface area (Å²) in [4.78, 5) is 12.1. The molecule has 5 nitrogen and oxygen atoms in total. The molecule has 3 N–H and O–H groups in total. The molecule has 2 aromatic carbocycles. The summed E-state index contributed by atoms with van der Waals surface area (Å²) in [6.45, 7) is 1.74. The minimum atomic E-state index is -0.473. The van der Waals surface area contributed by atoms with E-state index in [4.69, 9.17) is 0 Å². The topological polar surface area (TPSA) is 73.7 Å². The summed E-state index contributed by atoms with van der Waals surface area (Å²) in [5.41, 5.74) is 3.75. The standard InChI is InChI=1S/C16H14Br3N3O2/c1-9(21-13-4-2-3-11(17)6-13)16(24)22-20-8-10-5-12(18)7-14(19)15(10)23/h2-9,21,23H,1H3,(H,22,24). The first-order valence-electron chi connectivity index (χ1n) is 6.90. The first kappa shape index (κ1) is 19.0. The number of rotatable bonds is 5. The second kappa shape index (κ2) is 8.64. The van der Waals surface area contributed by atoms with Crippen LogP contribution in [-0.2, 0) is 4.79 Å². The first-order chi connectivity index (χ1) is 11.4. The predicted octanol–water partition coefficient (Wildman–Crippen LogP) is 4.63. The van der Waals surface area contributed by atoms with Gasteiger partial charge in [0.05, 0.1) is 10.7 Å². The molecule has 1 atom stereocenters. The number of halogens is 3. The number of hydrogen-bond acceptors (Lipinski definition) is 4. The van der Waals surface area contributed by atoms with E-state index in [1.54, 1.807) is 19.1 Å². The highest BCUT2D eigenvalue weighted by molar-refractivity contribution is 9.11. The summed E-state index contributed by atoms with van der Waals surface area (Å²) >= 11 is 9.95. The number of carbonyl (C=O) groups excluding carboxylic acids is 1. The third kappa shape index (κ3) is 5.32. The van der Waals surface area contributed by atoms with Crippen LogP contribution in [0.15, 0.2) is 54.9 Å². The van der Waals surface area contributed by atoms with Gasteiger partial charge in [0.15, 0.2) is 0 Å². The minimum Gasteiger partial charge on any atom is -0.506 e. The Bertz CT molecular complexity index is 781. The fourth-order valence-electron chi connectivity index (χ4n) is 1.84. The quantitative estimate of drug-likeness (QED) is 0.398. The number of aromatic hydroxyl groups is 1. The summed E-state index contributed by atoms with van der Waals surface area (Å²) in [5, 5.41) is 16.9. The number of nitrogens with one attached hydrogen (secondary N) is 2. The maximum atomic E-state index is 12.1. The zero-order chi connectivity index (χ0) is 17.7. The molecule has 1 amide bonds. The third-order valence-corrected chi connectivity index (χ3v) is 4.59. The Morgan fingerprint density at radius 2 is 1.96 bits per heavy atom. The van der Waals surface area contributed by atoms with Crippen LogP contribution in [-0.4, -0.2) is 23.3 Å². The Hall–Kier alpha value is -1.38. The van der Waals surface area contributed by atoms with Gasteiger partial charge in [0.25, 0.3) is 5.91 Å². The molecule has 1 unspecified atom stereocenters. The zero-order valence-corrected chi connectivity index (χ0v) is 17.3. The van der Waals surface area contributed by atoms with Crippen LogP contribution in [0.3, 0.4) is 0 Å². The van der Waals surface area contributed by atoms with Gasteiger partial charge in [-0.05, 0) is 53.2 Å². The molecule has 0 aromatic heterocycles. The minimum absolute atomic E-state index is 0.0523. The summed E-state index contributed by atoms with van der Waals surface area (Å²) in [5.74, 6) is -0.240. The average molecular weight is 520 g/mol. The van der Waals surface area contributed by atoms with Crippen molar-refractivity contribution in [3.63, 3.8) is 0 Å². The molecule has 0 fully saturated rings. The van der Waals surface area contributed by atoms with E-state index >= 15 is 0 Å². The molecule has 0 spiro atoms. The van der Waals surface area contributed by atoms with E-state index in [0.29, 0.717) is 10.0 Å². The van der Waals surface area contributed by atoms with Crippen LogP contribution in [0.4, 0.5) is 5.69 Å². The third-order valence-electron chi connectivity index (χ3n) is 3.04. The summed E-state index contributed by atoms with van der Waals surface area (Å²) in [7, 11) is 0. The lowest BCUT2D eigenvalue weighted by atomic mass is 10.2. The molecule has 2 rings (SSSR count). The summed E-state index contributed by atoms with van der Waals surface area (Å²) < 4.78 is 2.24. The second-order valence-corrected chi connectivity index (χ2v) is 7.62. The molecule has 0 saturated carbocycles. The van der Waals surface area contributed by atoms with Gasteiger partial charge in [-0.25, -0.2) is 5.43 Å². The van der Waals surface area contributed by atoms with Gasteiger partial charge in [-0.15, -0.1) is 0 Å². The van der Waals surface area contributed by atoms with Crippen molar-refractivity contribution in [3.8, 4) is 5.75 Å². The number of benzene rings is 2. The fraction of sp³-hybridized carbons (Fsp3) is 0.125. The van der Waals surface area contributed by atoms with Crippen molar-refractivity contribution in [1.82, 2.24) is 5.43 Å². The van der Waals surface area contributed by atoms with E-state index in [2.05, 4.69) is 63.6 Å². The number of phenols is 1. The largest absolute Gasteiger partial charge is 0.506 e. The Labute approximate surface area is 164 Å². The molecule has 2 aromatic rings. The van der Waals surface area contributed by atoms with Crippen LogP contribution in [0.2, 0.25) is 0 Å². The smallest absolute Gasteiger partial charge is 0.262 e. The van der Waals surface area contributed by atoms with Crippen LogP contribution >= 0.6 is 47.8 Å². The van der Waals surface area contributed by atoms with E-state index in [9.17, 15) is 9.90 Å². The van der Waals surface area contributed by atoms with Crippen LogP contribution in [0.25, 0.3) is 0 Å². The van der Waals surface area contributed by atoms with Crippen LogP contribution < -0.4 is 10.7 Å². The Balaban J connectivity index is 1.97. The molecule has 8 heteroatoms. The number of amides is 1. The molecule has 0 saturated heterocycles. The van der Waals surface area contributed by atoms with E-state index in [0.717, 1.165) is 14.6 Å². The van der Waals surface area contributed by atoms with E-state index in [-0.39, 0.29) is 11.7 Å². The lowest BCUT2D eigenvalue weighted by Gasteiger charge is -2.13. The molecule has 0 heterocycles. The number of anilines is 1. The number of carbonyl (C=O) groups is 1. The highest BCUT2D eigenvalue weighted by atomic mass is 79.9. The van der Waals surface area contributed by atoms with Gasteiger partial charge in [-0.1, -0.05) is 37.9 Å². The van der Waals surface area contributed by atoms with Crippen molar-refractivity contribution < 1.29 is 9.90 Å². The average Bonchev–Trinajstić information content (AvgIpc) is 2.51. The van der Waals surface area contributed by atoms with Crippen molar-refractivity contribution in [2.75, 3.05) is 5.32 Å². The normalized spacial score (nSPS) is 12.2. The highest BCUT2D eigenvalue weighted by Gasteiger charge is 2.12. The van der Waals surface area contributed by atoms with Crippen LogP contribution in [0.1, 0.15) is 12.5 Å². The zero-order valence-electron chi connectivity index (χ0n) is 12.6. The number of phenolic OH excluding ortho intramolecular Hbond substituents is 1. The molecule has 24 heavy (non-hydrogen) atoms. The van der Waals surface area contributed by atoms with E-state index < -0.39 is 6.04 Å². The van der Waals surface area contributed by atoms with Crippen LogP contribution in [0, 0.1) is 0 Å². The van der Waals surface area contributed by atoms with Gasteiger partial charge >= 0.3 is 0 Å². The van der Waals surface area contributed by atoms with Gasteiger partial charge in [0.2, 0.25) is 0 Å². The molecule has 0 aliphatic carbocycles. The van der Waals surface area contributed by atoms with Crippen molar-refractivity contribution in [1.29, 1.82) is 0 Å². The summed E-state index contributed by atoms with van der Waals surface area (Å²) in [6, 6.07) is 10.5. The summed E-state index contributed by atoms with van der Waals surface area (Å²) in [6.07, 6.45) is 1.38. The number of hydrogen-bond donors (Lipinski definition) is 3. The Kier molecular flexibility index (Phi) is 6.82. The van der Waals surface area contributed by atoms with Gasteiger partial charge in [-0.2, -0.15) is 5.10 Å². The van der Waals surface area contributed by atoms with Crippen LogP contribution in [0.5, 0.6) is 5.75 Å². The van der Waals surface area contributed by atoms with Gasteiger partial charge in [-0.3, -0.25) is 4.79 Å². The predicted molar refractivity (Wildman–Crippen MR) is 106 cm³/mol. The number of nitrogens with zero attached hydrogens (tertiary/aromatic N) is 1. The van der Waals surface area contributed by atoms with Crippen molar-refractivity contribution in [2.45, 2.75) is 13.0 Å². The lowest BCUT2D eigenvalue weighted by Crippen LogP contribution is -2.34. The SMILES string of the molecule is CC(Nc1cccc(Br)c1)C(=O)NN=Cc1cc(Br)cc(Br)c1O. The molecule has 0 bridgehead atoms. The second-order valence-electron chi connectivity index (χ2n) is 4.94. The van der Waals surface area contributed by atoms with Crippen molar-refractivity contribution in [2.24, 2.45) is 5.10 Å². The van der Waals surface area contributed by atoms with Crippen molar-refractivity contribution in [3.05, 3.63) is 55.4 Å². The molecule has 0 aliphatic rings.